The van der Waals surface area contributed by atoms with Gasteiger partial charge in [-0.1, -0.05) is 22.0 Å². The van der Waals surface area contributed by atoms with E-state index in [0.717, 1.165) is 21.3 Å². The predicted molar refractivity (Wildman–Crippen MR) is 100 cm³/mol. The smallest absolute Gasteiger partial charge is 0.422 e. The van der Waals surface area contributed by atoms with Gasteiger partial charge in [0.25, 0.3) is 0 Å². The first kappa shape index (κ1) is 17.5. The number of aromatic nitrogens is 1. The molecule has 0 N–H and O–H groups in total. The van der Waals surface area contributed by atoms with Gasteiger partial charge in [0.15, 0.2) is 0 Å². The van der Waals surface area contributed by atoms with E-state index in [0.29, 0.717) is 30.5 Å². The molecule has 6 heteroatoms. The van der Waals surface area contributed by atoms with Crippen molar-refractivity contribution in [3.63, 3.8) is 0 Å². The van der Waals surface area contributed by atoms with Gasteiger partial charge in [0.2, 0.25) is 0 Å². The van der Waals surface area contributed by atoms with Gasteiger partial charge in [0, 0.05) is 11.0 Å². The van der Waals surface area contributed by atoms with Crippen molar-refractivity contribution in [1.82, 2.24) is 4.57 Å². The number of fused-ring (bicyclic) bond motifs is 1. The maximum Gasteiger partial charge on any atom is 0.422 e. The molecule has 2 aromatic carbocycles. The number of halogens is 1. The maximum absolute atomic E-state index is 12.0. The monoisotopic (exact) mass is 403 g/mol. The van der Waals surface area contributed by atoms with Gasteiger partial charge >= 0.3 is 11.4 Å². The molecule has 0 saturated carbocycles. The first-order valence-corrected chi connectivity index (χ1v) is 8.77. The van der Waals surface area contributed by atoms with E-state index in [9.17, 15) is 9.59 Å². The van der Waals surface area contributed by atoms with Crippen molar-refractivity contribution in [1.29, 1.82) is 0 Å². The van der Waals surface area contributed by atoms with E-state index >= 15 is 0 Å². The molecule has 0 aliphatic heterocycles. The van der Waals surface area contributed by atoms with E-state index in [1.165, 1.54) is 4.57 Å². The summed E-state index contributed by atoms with van der Waals surface area (Å²) >= 11 is 3.32. The van der Waals surface area contributed by atoms with Crippen LogP contribution < -0.4 is 16.1 Å². The topological polar surface area (TPSA) is 61.4 Å². The molecular weight excluding hydrogens is 386 g/mol. The molecule has 130 valence electrons. The van der Waals surface area contributed by atoms with E-state index in [4.69, 9.17) is 9.15 Å². The van der Waals surface area contributed by atoms with Gasteiger partial charge in [-0.25, -0.2) is 9.59 Å². The Balaban J connectivity index is 1.75. The van der Waals surface area contributed by atoms with Crippen LogP contribution in [0.5, 0.6) is 5.75 Å². The molecule has 3 aromatic rings. The molecule has 0 fully saturated rings. The van der Waals surface area contributed by atoms with E-state index < -0.39 is 11.4 Å². The van der Waals surface area contributed by atoms with Crippen molar-refractivity contribution in [2.75, 3.05) is 6.61 Å². The Labute approximate surface area is 153 Å². The summed E-state index contributed by atoms with van der Waals surface area (Å²) in [6.07, 6.45) is 0.617. The number of ether oxygens (including phenoxy) is 1. The van der Waals surface area contributed by atoms with Gasteiger partial charge in [0.05, 0.1) is 17.5 Å². The minimum Gasteiger partial charge on any atom is -0.494 e. The molecular formula is C19H18BrNO4. The van der Waals surface area contributed by atoms with Gasteiger partial charge in [-0.05, 0) is 61.7 Å². The van der Waals surface area contributed by atoms with Crippen molar-refractivity contribution in [3.05, 3.63) is 73.0 Å². The largest absolute Gasteiger partial charge is 0.494 e. The fourth-order valence-corrected chi connectivity index (χ4v) is 3.20. The molecule has 0 radical (unpaired) electrons. The molecule has 0 bridgehead atoms. The molecule has 0 aliphatic carbocycles. The summed E-state index contributed by atoms with van der Waals surface area (Å²) in [7, 11) is 0. The van der Waals surface area contributed by atoms with Crippen LogP contribution in [0, 0.1) is 13.8 Å². The number of rotatable bonds is 5. The third-order valence-electron chi connectivity index (χ3n) is 3.86. The van der Waals surface area contributed by atoms with E-state index in [1.807, 2.05) is 26.0 Å². The SMILES string of the molecule is Cc1cc(C)cc(OCCCn2c(=O)oc(=O)c3cc(Br)ccc32)c1. The number of hydrogen-bond acceptors (Lipinski definition) is 4. The molecule has 0 saturated heterocycles. The summed E-state index contributed by atoms with van der Waals surface area (Å²) in [6, 6.07) is 11.2. The predicted octanol–water partition coefficient (Wildman–Crippen LogP) is 3.80. The number of aryl methyl sites for hydroxylation is 3. The molecule has 5 nitrogen and oxygen atoms in total. The molecule has 3 rings (SSSR count). The Morgan fingerprint density at radius 2 is 1.80 bits per heavy atom. The molecule has 0 amide bonds. The summed E-state index contributed by atoms with van der Waals surface area (Å²) in [5.74, 6) is 0.171. The molecule has 0 aliphatic rings. The second-order valence-electron chi connectivity index (χ2n) is 5.99. The lowest BCUT2D eigenvalue weighted by Crippen LogP contribution is -2.25. The average Bonchev–Trinajstić information content (AvgIpc) is 2.53. The Morgan fingerprint density at radius 3 is 2.52 bits per heavy atom. The van der Waals surface area contributed by atoms with Crippen LogP contribution in [0.1, 0.15) is 17.5 Å². The highest BCUT2D eigenvalue weighted by Crippen LogP contribution is 2.18. The fraction of sp³-hybridized carbons (Fsp3) is 0.263. The minimum atomic E-state index is -0.647. The minimum absolute atomic E-state index is 0.379. The molecule has 25 heavy (non-hydrogen) atoms. The second kappa shape index (κ2) is 7.27. The molecule has 1 aromatic heterocycles. The van der Waals surface area contributed by atoms with E-state index in [1.54, 1.807) is 18.2 Å². The first-order valence-electron chi connectivity index (χ1n) is 7.98. The second-order valence-corrected chi connectivity index (χ2v) is 6.91. The van der Waals surface area contributed by atoms with Crippen molar-refractivity contribution in [2.24, 2.45) is 0 Å². The third kappa shape index (κ3) is 4.02. The summed E-state index contributed by atoms with van der Waals surface area (Å²) in [4.78, 5) is 23.9. The summed E-state index contributed by atoms with van der Waals surface area (Å²) in [5.41, 5.74) is 2.24. The average molecular weight is 404 g/mol. The van der Waals surface area contributed by atoms with Crippen molar-refractivity contribution < 1.29 is 9.15 Å². The van der Waals surface area contributed by atoms with Crippen LogP contribution >= 0.6 is 15.9 Å². The maximum atomic E-state index is 12.0. The molecule has 0 spiro atoms. The number of benzene rings is 2. The highest BCUT2D eigenvalue weighted by atomic mass is 79.9. The van der Waals surface area contributed by atoms with Crippen LogP contribution in [0.25, 0.3) is 10.9 Å². The van der Waals surface area contributed by atoms with Gasteiger partial charge in [-0.2, -0.15) is 0 Å². The van der Waals surface area contributed by atoms with Gasteiger partial charge in [0.1, 0.15) is 5.75 Å². The highest BCUT2D eigenvalue weighted by molar-refractivity contribution is 9.10. The zero-order chi connectivity index (χ0) is 18.0. The van der Waals surface area contributed by atoms with Crippen LogP contribution in [-0.4, -0.2) is 11.2 Å². The van der Waals surface area contributed by atoms with Gasteiger partial charge in [-0.15, -0.1) is 0 Å². The van der Waals surface area contributed by atoms with Gasteiger partial charge < -0.3 is 9.15 Å². The lowest BCUT2D eigenvalue weighted by atomic mass is 10.1. The van der Waals surface area contributed by atoms with Crippen LogP contribution in [0.2, 0.25) is 0 Å². The Kier molecular flexibility index (Phi) is 5.08. The summed E-state index contributed by atoms with van der Waals surface area (Å²) < 4.78 is 12.8. The Morgan fingerprint density at radius 1 is 1.08 bits per heavy atom. The summed E-state index contributed by atoms with van der Waals surface area (Å²) in [6.45, 7) is 4.92. The van der Waals surface area contributed by atoms with E-state index in [2.05, 4.69) is 22.0 Å². The fourth-order valence-electron chi connectivity index (χ4n) is 2.84. The lowest BCUT2D eigenvalue weighted by Gasteiger charge is -2.10. The number of nitrogens with zero attached hydrogens (tertiary/aromatic N) is 1. The lowest BCUT2D eigenvalue weighted by molar-refractivity contribution is 0.296. The van der Waals surface area contributed by atoms with Crippen LogP contribution in [0.3, 0.4) is 0 Å². The normalized spacial score (nSPS) is 11.0. The van der Waals surface area contributed by atoms with Crippen molar-refractivity contribution >= 4 is 26.8 Å². The quantitative estimate of drug-likeness (QED) is 0.607. The zero-order valence-corrected chi connectivity index (χ0v) is 15.6. The number of hydrogen-bond donors (Lipinski definition) is 0. The van der Waals surface area contributed by atoms with Gasteiger partial charge in [-0.3, -0.25) is 4.57 Å². The molecule has 0 unspecified atom stereocenters. The van der Waals surface area contributed by atoms with Crippen molar-refractivity contribution in [3.8, 4) is 5.75 Å². The highest BCUT2D eigenvalue weighted by Gasteiger charge is 2.09. The summed E-state index contributed by atoms with van der Waals surface area (Å²) in [5, 5.41) is 0.379. The standard InChI is InChI=1S/C19H18BrNO4/c1-12-8-13(2)10-15(9-12)24-7-3-6-21-17-5-4-14(20)11-16(17)18(22)25-19(21)23/h4-5,8-11H,3,6-7H2,1-2H3. The Bertz CT molecular complexity index is 1020. The van der Waals surface area contributed by atoms with Crippen LogP contribution in [-0.2, 0) is 6.54 Å². The first-order chi connectivity index (χ1) is 11.9. The van der Waals surface area contributed by atoms with Crippen LogP contribution in [0.15, 0.2) is 54.9 Å². The molecule has 1 heterocycles. The molecule has 0 atom stereocenters. The third-order valence-corrected chi connectivity index (χ3v) is 4.35. The Hall–Kier alpha value is -2.34. The zero-order valence-electron chi connectivity index (χ0n) is 14.0. The van der Waals surface area contributed by atoms with Crippen molar-refractivity contribution in [2.45, 2.75) is 26.8 Å². The van der Waals surface area contributed by atoms with Crippen LogP contribution in [0.4, 0.5) is 0 Å². The van der Waals surface area contributed by atoms with E-state index in [-0.39, 0.29) is 0 Å².